The minimum atomic E-state index is -0.221. The smallest absolute Gasteiger partial charge is 0.265 e. The predicted octanol–water partition coefficient (Wildman–Crippen LogP) is 2.67. The van der Waals surface area contributed by atoms with Crippen molar-refractivity contribution < 1.29 is 9.53 Å². The number of nitrogens with zero attached hydrogens (tertiary/aromatic N) is 1. The summed E-state index contributed by atoms with van der Waals surface area (Å²) in [5.41, 5.74) is 9.41. The van der Waals surface area contributed by atoms with Gasteiger partial charge in [0.05, 0.1) is 5.69 Å². The molecule has 1 aliphatic heterocycles. The van der Waals surface area contributed by atoms with Gasteiger partial charge in [0.25, 0.3) is 5.91 Å². The number of anilines is 1. The highest BCUT2D eigenvalue weighted by molar-refractivity contribution is 5.97. The van der Waals surface area contributed by atoms with Crippen molar-refractivity contribution in [2.45, 2.75) is 19.4 Å². The summed E-state index contributed by atoms with van der Waals surface area (Å²) in [7, 11) is 0. The second kappa shape index (κ2) is 6.20. The van der Waals surface area contributed by atoms with Crippen molar-refractivity contribution in [3.63, 3.8) is 0 Å². The molecule has 1 aliphatic rings. The molecule has 114 valence electrons. The van der Waals surface area contributed by atoms with E-state index in [0.717, 1.165) is 23.4 Å². The third kappa shape index (κ3) is 2.83. The van der Waals surface area contributed by atoms with Gasteiger partial charge in [-0.1, -0.05) is 43.3 Å². The number of ether oxygens (including phenoxy) is 1. The number of para-hydroxylation sites is 2. The Hall–Kier alpha value is -2.33. The number of rotatable bonds is 4. The molecule has 4 nitrogen and oxygen atoms in total. The number of hydrogen-bond acceptors (Lipinski definition) is 3. The van der Waals surface area contributed by atoms with Crippen molar-refractivity contribution in [1.29, 1.82) is 0 Å². The number of aryl methyl sites for hydroxylation is 1. The van der Waals surface area contributed by atoms with Crippen molar-refractivity contribution in [2.24, 2.45) is 5.73 Å². The standard InChI is InChI=1S/C18H20N2O2/c1-2-13-7-9-14(10-8-13)15(19)11-20-16-5-3-4-6-17(16)22-12-18(20)21/h3-10,15H,2,11-12,19H2,1H3. The summed E-state index contributed by atoms with van der Waals surface area (Å²) in [6.07, 6.45) is 1.00. The highest BCUT2D eigenvalue weighted by atomic mass is 16.5. The van der Waals surface area contributed by atoms with E-state index >= 15 is 0 Å². The van der Waals surface area contributed by atoms with Gasteiger partial charge in [0.15, 0.2) is 6.61 Å². The first-order valence-electron chi connectivity index (χ1n) is 7.55. The molecule has 1 atom stereocenters. The maximum atomic E-state index is 12.2. The number of hydrogen-bond donors (Lipinski definition) is 1. The Balaban J connectivity index is 1.80. The lowest BCUT2D eigenvalue weighted by Crippen LogP contribution is -2.42. The minimum Gasteiger partial charge on any atom is -0.482 e. The molecule has 4 heteroatoms. The molecule has 2 aromatic carbocycles. The van der Waals surface area contributed by atoms with Crippen molar-refractivity contribution >= 4 is 11.6 Å². The van der Waals surface area contributed by atoms with Crippen molar-refractivity contribution in [2.75, 3.05) is 18.1 Å². The van der Waals surface area contributed by atoms with Gasteiger partial charge in [-0.05, 0) is 29.7 Å². The Morgan fingerprint density at radius 3 is 2.64 bits per heavy atom. The monoisotopic (exact) mass is 296 g/mol. The number of carbonyl (C=O) groups is 1. The Morgan fingerprint density at radius 2 is 1.91 bits per heavy atom. The minimum absolute atomic E-state index is 0.0562. The average Bonchev–Trinajstić information content (AvgIpc) is 2.57. The Labute approximate surface area is 130 Å². The number of amides is 1. The lowest BCUT2D eigenvalue weighted by molar-refractivity contribution is -0.121. The lowest BCUT2D eigenvalue weighted by atomic mass is 10.0. The molecule has 1 heterocycles. The van der Waals surface area contributed by atoms with Gasteiger partial charge in [0, 0.05) is 12.6 Å². The van der Waals surface area contributed by atoms with E-state index in [2.05, 4.69) is 19.1 Å². The summed E-state index contributed by atoms with van der Waals surface area (Å²) in [6, 6.07) is 15.6. The van der Waals surface area contributed by atoms with Crippen LogP contribution < -0.4 is 15.4 Å². The zero-order valence-corrected chi connectivity index (χ0v) is 12.7. The first-order chi connectivity index (χ1) is 10.7. The molecule has 0 radical (unpaired) electrons. The van der Waals surface area contributed by atoms with Crippen LogP contribution in [-0.2, 0) is 11.2 Å². The maximum Gasteiger partial charge on any atom is 0.265 e. The summed E-state index contributed by atoms with van der Waals surface area (Å²) in [6.45, 7) is 2.64. The largest absolute Gasteiger partial charge is 0.482 e. The summed E-state index contributed by atoms with van der Waals surface area (Å²) < 4.78 is 5.45. The Kier molecular flexibility index (Phi) is 4.11. The van der Waals surface area contributed by atoms with Gasteiger partial charge in [0.2, 0.25) is 0 Å². The van der Waals surface area contributed by atoms with E-state index < -0.39 is 0 Å². The summed E-state index contributed by atoms with van der Waals surface area (Å²) >= 11 is 0. The van der Waals surface area contributed by atoms with E-state index in [1.165, 1.54) is 5.56 Å². The fraction of sp³-hybridized carbons (Fsp3) is 0.278. The maximum absolute atomic E-state index is 12.2. The normalized spacial score (nSPS) is 15.2. The van der Waals surface area contributed by atoms with Gasteiger partial charge in [-0.25, -0.2) is 0 Å². The molecule has 0 aliphatic carbocycles. The van der Waals surface area contributed by atoms with Crippen LogP contribution in [0.4, 0.5) is 5.69 Å². The number of benzene rings is 2. The number of nitrogens with two attached hydrogens (primary N) is 1. The second-order valence-corrected chi connectivity index (χ2v) is 5.46. The van der Waals surface area contributed by atoms with Crippen LogP contribution in [0.1, 0.15) is 24.1 Å². The lowest BCUT2D eigenvalue weighted by Gasteiger charge is -2.31. The zero-order valence-electron chi connectivity index (χ0n) is 12.7. The van der Waals surface area contributed by atoms with Gasteiger partial charge >= 0.3 is 0 Å². The Bertz CT molecular complexity index is 667. The molecule has 2 N–H and O–H groups in total. The summed E-state index contributed by atoms with van der Waals surface area (Å²) in [4.78, 5) is 13.9. The zero-order chi connectivity index (χ0) is 15.5. The van der Waals surface area contributed by atoms with Crippen LogP contribution in [0.25, 0.3) is 0 Å². The second-order valence-electron chi connectivity index (χ2n) is 5.46. The van der Waals surface area contributed by atoms with Crippen LogP contribution in [0.3, 0.4) is 0 Å². The average molecular weight is 296 g/mol. The van der Waals surface area contributed by atoms with E-state index in [1.54, 1.807) is 4.90 Å². The highest BCUT2D eigenvalue weighted by Crippen LogP contribution is 2.32. The third-order valence-electron chi connectivity index (χ3n) is 4.00. The summed E-state index contributed by atoms with van der Waals surface area (Å²) in [5.74, 6) is 0.676. The van der Waals surface area contributed by atoms with E-state index in [9.17, 15) is 4.79 Å². The topological polar surface area (TPSA) is 55.6 Å². The van der Waals surface area contributed by atoms with E-state index in [0.29, 0.717) is 6.54 Å². The number of carbonyl (C=O) groups excluding carboxylic acids is 1. The van der Waals surface area contributed by atoms with Crippen molar-refractivity contribution in [1.82, 2.24) is 0 Å². The molecule has 1 amide bonds. The summed E-state index contributed by atoms with van der Waals surface area (Å²) in [5, 5.41) is 0. The van der Waals surface area contributed by atoms with Gasteiger partial charge < -0.3 is 15.4 Å². The quantitative estimate of drug-likeness (QED) is 0.943. The van der Waals surface area contributed by atoms with E-state index in [-0.39, 0.29) is 18.6 Å². The van der Waals surface area contributed by atoms with Crippen LogP contribution in [0.2, 0.25) is 0 Å². The molecular weight excluding hydrogens is 276 g/mol. The van der Waals surface area contributed by atoms with Gasteiger partial charge in [-0.2, -0.15) is 0 Å². The fourth-order valence-electron chi connectivity index (χ4n) is 2.66. The molecule has 0 aromatic heterocycles. The first kappa shape index (κ1) is 14.6. The van der Waals surface area contributed by atoms with Crippen LogP contribution in [0.15, 0.2) is 48.5 Å². The van der Waals surface area contributed by atoms with Crippen LogP contribution >= 0.6 is 0 Å². The van der Waals surface area contributed by atoms with Crippen LogP contribution in [0, 0.1) is 0 Å². The van der Waals surface area contributed by atoms with Gasteiger partial charge in [-0.15, -0.1) is 0 Å². The van der Waals surface area contributed by atoms with Gasteiger partial charge in [0.1, 0.15) is 5.75 Å². The molecule has 1 unspecified atom stereocenters. The predicted molar refractivity (Wildman–Crippen MR) is 87.0 cm³/mol. The molecule has 0 saturated carbocycles. The third-order valence-corrected chi connectivity index (χ3v) is 4.00. The fourth-order valence-corrected chi connectivity index (χ4v) is 2.66. The highest BCUT2D eigenvalue weighted by Gasteiger charge is 2.26. The molecule has 0 fully saturated rings. The van der Waals surface area contributed by atoms with E-state index in [4.69, 9.17) is 10.5 Å². The molecular formula is C18H20N2O2. The van der Waals surface area contributed by atoms with E-state index in [1.807, 2.05) is 36.4 Å². The van der Waals surface area contributed by atoms with Crippen molar-refractivity contribution in [3.8, 4) is 5.75 Å². The molecule has 0 bridgehead atoms. The van der Waals surface area contributed by atoms with Crippen LogP contribution in [-0.4, -0.2) is 19.1 Å². The first-order valence-corrected chi connectivity index (χ1v) is 7.55. The van der Waals surface area contributed by atoms with Crippen LogP contribution in [0.5, 0.6) is 5.75 Å². The number of fused-ring (bicyclic) bond motifs is 1. The van der Waals surface area contributed by atoms with Gasteiger partial charge in [-0.3, -0.25) is 4.79 Å². The van der Waals surface area contributed by atoms with Crippen molar-refractivity contribution in [3.05, 3.63) is 59.7 Å². The Morgan fingerprint density at radius 1 is 1.18 bits per heavy atom. The SMILES string of the molecule is CCc1ccc(C(N)CN2C(=O)COc3ccccc32)cc1. The molecule has 3 rings (SSSR count). The molecule has 22 heavy (non-hydrogen) atoms. The molecule has 0 spiro atoms. The molecule has 0 saturated heterocycles. The molecule has 2 aromatic rings.